The van der Waals surface area contributed by atoms with E-state index in [4.69, 9.17) is 4.74 Å². The maximum atomic E-state index is 11.9. The second kappa shape index (κ2) is 9.61. The van der Waals surface area contributed by atoms with Gasteiger partial charge in [-0.25, -0.2) is 13.8 Å². The molecule has 1 aliphatic heterocycles. The molecular weight excluding hydrogens is 252 g/mol. The highest BCUT2D eigenvalue weighted by Crippen LogP contribution is 2.20. The van der Waals surface area contributed by atoms with E-state index in [1.807, 2.05) is 34.7 Å². The van der Waals surface area contributed by atoms with E-state index < -0.39 is 13.0 Å². The number of rotatable bonds is 3. The second-order valence-electron chi connectivity index (χ2n) is 3.50. The first-order valence-electron chi connectivity index (χ1n) is 6.59. The zero-order valence-corrected chi connectivity index (χ0v) is 12.3. The van der Waals surface area contributed by atoms with Crippen LogP contribution in [-0.4, -0.2) is 34.9 Å². The molecule has 0 spiro atoms. The van der Waals surface area contributed by atoms with Crippen molar-refractivity contribution in [2.45, 2.75) is 47.2 Å². The van der Waals surface area contributed by atoms with Gasteiger partial charge in [-0.05, 0) is 7.05 Å². The van der Waals surface area contributed by atoms with E-state index in [9.17, 15) is 8.78 Å². The van der Waals surface area contributed by atoms with Crippen molar-refractivity contribution in [2.75, 3.05) is 13.7 Å². The fourth-order valence-electron chi connectivity index (χ4n) is 1.50. The van der Waals surface area contributed by atoms with Gasteiger partial charge < -0.3 is 4.74 Å². The van der Waals surface area contributed by atoms with Gasteiger partial charge in [-0.1, -0.05) is 27.7 Å². The van der Waals surface area contributed by atoms with Gasteiger partial charge in [0, 0.05) is 24.8 Å². The molecule has 2 rings (SSSR count). The molecular formula is C13H23F2N3O. The van der Waals surface area contributed by atoms with Crippen molar-refractivity contribution in [2.24, 2.45) is 0 Å². The summed E-state index contributed by atoms with van der Waals surface area (Å²) in [5, 5.41) is 0. The third-order valence-corrected chi connectivity index (χ3v) is 2.13. The molecule has 0 aromatic carbocycles. The molecule has 0 fully saturated rings. The smallest absolute Gasteiger partial charge is 0.316 e. The van der Waals surface area contributed by atoms with Crippen LogP contribution in [0.1, 0.15) is 39.0 Å². The predicted octanol–water partition coefficient (Wildman–Crippen LogP) is 3.12. The van der Waals surface area contributed by atoms with Crippen LogP contribution in [-0.2, 0) is 13.1 Å². The van der Waals surface area contributed by atoms with E-state index in [0.717, 1.165) is 17.8 Å². The zero-order chi connectivity index (χ0) is 14.8. The van der Waals surface area contributed by atoms with Crippen molar-refractivity contribution in [3.63, 3.8) is 0 Å². The Morgan fingerprint density at radius 2 is 1.89 bits per heavy atom. The molecule has 0 bridgehead atoms. The maximum Gasteiger partial charge on any atom is 0.316 e. The lowest BCUT2D eigenvalue weighted by Gasteiger charge is -2.04. The van der Waals surface area contributed by atoms with Crippen molar-refractivity contribution in [3.8, 4) is 6.01 Å². The van der Waals surface area contributed by atoms with Gasteiger partial charge in [0.25, 0.3) is 6.43 Å². The van der Waals surface area contributed by atoms with Crippen LogP contribution in [0.15, 0.2) is 6.20 Å². The Labute approximate surface area is 113 Å². The molecule has 110 valence electrons. The summed E-state index contributed by atoms with van der Waals surface area (Å²) in [6.07, 6.45) is -0.864. The van der Waals surface area contributed by atoms with Gasteiger partial charge in [0.2, 0.25) is 0 Å². The molecule has 0 radical (unpaired) electrons. The van der Waals surface area contributed by atoms with E-state index in [2.05, 4.69) is 14.9 Å². The number of fused-ring (bicyclic) bond motifs is 1. The topological polar surface area (TPSA) is 38.2 Å². The van der Waals surface area contributed by atoms with Crippen LogP contribution in [0.3, 0.4) is 0 Å². The molecule has 0 saturated heterocycles. The van der Waals surface area contributed by atoms with Crippen LogP contribution in [0.25, 0.3) is 0 Å². The average Bonchev–Trinajstić information content (AvgIpc) is 2.80. The third kappa shape index (κ3) is 5.92. The summed E-state index contributed by atoms with van der Waals surface area (Å²) < 4.78 is 28.5. The molecule has 1 aliphatic rings. The molecule has 0 N–H and O–H groups in total. The molecule has 0 unspecified atom stereocenters. The second-order valence-corrected chi connectivity index (χ2v) is 3.50. The molecule has 1 aromatic heterocycles. The van der Waals surface area contributed by atoms with Crippen molar-refractivity contribution in [1.29, 1.82) is 0 Å². The summed E-state index contributed by atoms with van der Waals surface area (Å²) >= 11 is 0. The number of alkyl halides is 2. The quantitative estimate of drug-likeness (QED) is 0.849. The normalized spacial score (nSPS) is 13.1. The fourth-order valence-corrected chi connectivity index (χ4v) is 1.50. The third-order valence-electron chi connectivity index (χ3n) is 2.13. The summed E-state index contributed by atoms with van der Waals surface area (Å²) in [6, 6.07) is 0.0318. The molecule has 0 saturated carbocycles. The van der Waals surface area contributed by atoms with E-state index in [-0.39, 0.29) is 6.01 Å². The Kier molecular flexibility index (Phi) is 8.95. The molecule has 0 atom stereocenters. The Morgan fingerprint density at radius 3 is 2.47 bits per heavy atom. The van der Waals surface area contributed by atoms with Crippen LogP contribution in [0.2, 0.25) is 0 Å². The Balaban J connectivity index is 0.000000741. The highest BCUT2D eigenvalue weighted by Gasteiger charge is 2.18. The monoisotopic (exact) mass is 275 g/mol. The van der Waals surface area contributed by atoms with E-state index in [1.54, 1.807) is 6.20 Å². The Morgan fingerprint density at radius 1 is 1.26 bits per heavy atom. The first kappa shape index (κ1) is 17.7. The van der Waals surface area contributed by atoms with Crippen LogP contribution >= 0.6 is 0 Å². The number of hydrogen-bond acceptors (Lipinski definition) is 4. The maximum absolute atomic E-state index is 11.9. The number of nitrogens with zero attached hydrogens (tertiary/aromatic N) is 3. The van der Waals surface area contributed by atoms with Gasteiger partial charge in [0.15, 0.2) is 6.61 Å². The SMILES string of the molecule is CC.CC.CN1Cc2cnc(OCC(F)F)nc2C1. The van der Waals surface area contributed by atoms with Gasteiger partial charge in [-0.2, -0.15) is 4.98 Å². The lowest BCUT2D eigenvalue weighted by molar-refractivity contribution is 0.0768. The summed E-state index contributed by atoms with van der Waals surface area (Å²) in [4.78, 5) is 10.00. The van der Waals surface area contributed by atoms with Crippen LogP contribution in [0, 0.1) is 0 Å². The molecule has 4 nitrogen and oxygen atoms in total. The molecule has 19 heavy (non-hydrogen) atoms. The summed E-state index contributed by atoms with van der Waals surface area (Å²) in [7, 11) is 1.96. The highest BCUT2D eigenvalue weighted by atomic mass is 19.3. The lowest BCUT2D eigenvalue weighted by Crippen LogP contribution is -2.10. The number of halogens is 2. The molecule has 6 heteroatoms. The summed E-state index contributed by atoms with van der Waals surface area (Å²) in [6.45, 7) is 8.85. The minimum atomic E-state index is -2.50. The highest BCUT2D eigenvalue weighted by molar-refractivity contribution is 5.22. The first-order chi connectivity index (χ1) is 9.15. The first-order valence-corrected chi connectivity index (χ1v) is 6.59. The Hall–Kier alpha value is -1.30. The Bertz CT molecular complexity index is 362. The van der Waals surface area contributed by atoms with Crippen LogP contribution < -0.4 is 4.74 Å². The number of ether oxygens (including phenoxy) is 1. The lowest BCUT2D eigenvalue weighted by atomic mass is 10.3. The summed E-state index contributed by atoms with van der Waals surface area (Å²) in [5.74, 6) is 0. The van der Waals surface area contributed by atoms with Gasteiger partial charge in [-0.15, -0.1) is 0 Å². The van der Waals surface area contributed by atoms with Crippen molar-refractivity contribution in [3.05, 3.63) is 17.5 Å². The standard InChI is InChI=1S/C9H11F2N3O.2C2H6/c1-14-3-6-2-12-9(13-7(6)4-14)15-5-8(10)11;2*1-2/h2,8H,3-5H2,1H3;2*1-2H3. The zero-order valence-electron chi connectivity index (χ0n) is 12.3. The van der Waals surface area contributed by atoms with Crippen molar-refractivity contribution >= 4 is 0 Å². The van der Waals surface area contributed by atoms with E-state index in [1.165, 1.54) is 0 Å². The van der Waals surface area contributed by atoms with Gasteiger partial charge in [0.05, 0.1) is 5.69 Å². The predicted molar refractivity (Wildman–Crippen MR) is 71.4 cm³/mol. The van der Waals surface area contributed by atoms with Gasteiger partial charge in [0.1, 0.15) is 0 Å². The van der Waals surface area contributed by atoms with E-state index >= 15 is 0 Å². The number of aromatic nitrogens is 2. The van der Waals surface area contributed by atoms with Crippen LogP contribution in [0.5, 0.6) is 6.01 Å². The summed E-state index contributed by atoms with van der Waals surface area (Å²) in [5.41, 5.74) is 1.89. The largest absolute Gasteiger partial charge is 0.457 e. The van der Waals surface area contributed by atoms with Gasteiger partial charge in [-0.3, -0.25) is 4.90 Å². The van der Waals surface area contributed by atoms with E-state index in [0.29, 0.717) is 6.54 Å². The average molecular weight is 275 g/mol. The molecule has 0 amide bonds. The minimum absolute atomic E-state index is 0.0318. The van der Waals surface area contributed by atoms with Crippen molar-refractivity contribution in [1.82, 2.24) is 14.9 Å². The molecule has 2 heterocycles. The van der Waals surface area contributed by atoms with Crippen LogP contribution in [0.4, 0.5) is 8.78 Å². The molecule has 0 aliphatic carbocycles. The number of hydrogen-bond donors (Lipinski definition) is 0. The molecule has 1 aromatic rings. The fraction of sp³-hybridized carbons (Fsp3) is 0.692. The van der Waals surface area contributed by atoms with Crippen molar-refractivity contribution < 1.29 is 13.5 Å². The minimum Gasteiger partial charge on any atom is -0.457 e. The van der Waals surface area contributed by atoms with Gasteiger partial charge >= 0.3 is 6.01 Å².